The van der Waals surface area contributed by atoms with Gasteiger partial charge in [-0.15, -0.1) is 0 Å². The summed E-state index contributed by atoms with van der Waals surface area (Å²) in [5, 5.41) is 3.55. The molecule has 0 radical (unpaired) electrons. The molecule has 0 saturated heterocycles. The molecule has 0 spiro atoms. The van der Waals surface area contributed by atoms with Gasteiger partial charge < -0.3 is 10.1 Å². The van der Waals surface area contributed by atoms with E-state index in [1.807, 2.05) is 6.07 Å². The second-order valence-electron chi connectivity index (χ2n) is 5.18. The Kier molecular flexibility index (Phi) is 5.33. The average molecular weight is 413 g/mol. The number of ether oxygens (including phenoxy) is 1. The molecule has 0 heterocycles. The lowest BCUT2D eigenvalue weighted by atomic mass is 10.1. The van der Waals surface area contributed by atoms with Gasteiger partial charge in [0.25, 0.3) is 0 Å². The van der Waals surface area contributed by atoms with E-state index < -0.39 is 0 Å². The summed E-state index contributed by atoms with van der Waals surface area (Å²) < 4.78 is 7.42. The Labute approximate surface area is 143 Å². The number of halogens is 2. The molecule has 112 valence electrons. The normalized spacial score (nSPS) is 12.1. The van der Waals surface area contributed by atoms with Gasteiger partial charge in [-0.2, -0.15) is 0 Å². The van der Waals surface area contributed by atoms with Crippen molar-refractivity contribution < 1.29 is 4.74 Å². The van der Waals surface area contributed by atoms with Crippen LogP contribution in [0.25, 0.3) is 0 Å². The van der Waals surface area contributed by atoms with Crippen molar-refractivity contribution in [3.8, 4) is 5.75 Å². The first-order chi connectivity index (χ1) is 9.92. The van der Waals surface area contributed by atoms with Crippen LogP contribution in [0.3, 0.4) is 0 Å². The van der Waals surface area contributed by atoms with Crippen molar-refractivity contribution in [1.82, 2.24) is 0 Å². The first-order valence-corrected chi connectivity index (χ1v) is 8.37. The summed E-state index contributed by atoms with van der Waals surface area (Å²) >= 11 is 7.14. The van der Waals surface area contributed by atoms with Crippen molar-refractivity contribution in [3.05, 3.63) is 56.0 Å². The van der Waals surface area contributed by atoms with Gasteiger partial charge in [0.05, 0.1) is 11.6 Å². The number of nitrogens with one attached hydrogen (secondary N) is 1. The molecular formula is C17H19Br2NO. The van der Waals surface area contributed by atoms with Crippen molar-refractivity contribution in [2.75, 3.05) is 12.4 Å². The van der Waals surface area contributed by atoms with Gasteiger partial charge >= 0.3 is 0 Å². The van der Waals surface area contributed by atoms with E-state index in [9.17, 15) is 0 Å². The molecule has 0 saturated carbocycles. The second-order valence-corrected chi connectivity index (χ2v) is 6.83. The quantitative estimate of drug-likeness (QED) is 0.663. The summed E-state index contributed by atoms with van der Waals surface area (Å²) in [6.45, 7) is 6.37. The predicted octanol–water partition coefficient (Wildman–Crippen LogP) is 6.01. The molecule has 2 aromatic rings. The molecule has 2 nitrogen and oxygen atoms in total. The maximum absolute atomic E-state index is 5.27. The molecule has 21 heavy (non-hydrogen) atoms. The Balaban J connectivity index is 2.21. The molecule has 0 bridgehead atoms. The molecule has 0 aromatic heterocycles. The Bertz CT molecular complexity index is 632. The van der Waals surface area contributed by atoms with E-state index in [-0.39, 0.29) is 6.04 Å². The van der Waals surface area contributed by atoms with E-state index in [0.717, 1.165) is 15.9 Å². The molecule has 2 aromatic carbocycles. The van der Waals surface area contributed by atoms with Crippen molar-refractivity contribution in [2.45, 2.75) is 26.8 Å². The first kappa shape index (κ1) is 16.4. The SMILES string of the molecule is COc1ccc(C(C)Nc2cc(C)c(Br)c(C)c2)cc1Br. The van der Waals surface area contributed by atoms with Crippen LogP contribution in [-0.2, 0) is 0 Å². The minimum Gasteiger partial charge on any atom is -0.496 e. The van der Waals surface area contributed by atoms with Crippen LogP contribution >= 0.6 is 31.9 Å². The lowest BCUT2D eigenvalue weighted by Gasteiger charge is -2.18. The number of benzene rings is 2. The zero-order valence-corrected chi connectivity index (χ0v) is 15.8. The first-order valence-electron chi connectivity index (χ1n) is 6.79. The molecular weight excluding hydrogens is 394 g/mol. The summed E-state index contributed by atoms with van der Waals surface area (Å²) in [6.07, 6.45) is 0. The minimum absolute atomic E-state index is 0.215. The van der Waals surface area contributed by atoms with Gasteiger partial charge in [-0.25, -0.2) is 0 Å². The zero-order chi connectivity index (χ0) is 15.6. The minimum atomic E-state index is 0.215. The van der Waals surface area contributed by atoms with Crippen LogP contribution in [0.15, 0.2) is 39.3 Å². The molecule has 0 aliphatic heterocycles. The smallest absolute Gasteiger partial charge is 0.133 e. The third kappa shape index (κ3) is 3.80. The highest BCUT2D eigenvalue weighted by Gasteiger charge is 2.10. The van der Waals surface area contributed by atoms with Crippen molar-refractivity contribution in [1.29, 1.82) is 0 Å². The number of methoxy groups -OCH3 is 1. The molecule has 0 aliphatic rings. The zero-order valence-electron chi connectivity index (χ0n) is 12.6. The summed E-state index contributed by atoms with van der Waals surface area (Å²) in [5.41, 5.74) is 4.81. The molecule has 0 amide bonds. The second kappa shape index (κ2) is 6.84. The Morgan fingerprint density at radius 1 is 1.05 bits per heavy atom. The monoisotopic (exact) mass is 411 g/mol. The number of hydrogen-bond acceptors (Lipinski definition) is 2. The van der Waals surface area contributed by atoms with Crippen molar-refractivity contribution >= 4 is 37.5 Å². The predicted molar refractivity (Wildman–Crippen MR) is 96.3 cm³/mol. The largest absolute Gasteiger partial charge is 0.496 e. The molecule has 0 fully saturated rings. The fraction of sp³-hybridized carbons (Fsp3) is 0.294. The number of rotatable bonds is 4. The third-order valence-corrected chi connectivity index (χ3v) is 5.37. The lowest BCUT2D eigenvalue weighted by Crippen LogP contribution is -2.07. The highest BCUT2D eigenvalue weighted by atomic mass is 79.9. The molecule has 1 unspecified atom stereocenters. The van der Waals surface area contributed by atoms with Crippen LogP contribution in [-0.4, -0.2) is 7.11 Å². The van der Waals surface area contributed by atoms with Gasteiger partial charge in [0.2, 0.25) is 0 Å². The van der Waals surface area contributed by atoms with Gasteiger partial charge in [-0.1, -0.05) is 22.0 Å². The third-order valence-electron chi connectivity index (χ3n) is 3.50. The molecule has 2 rings (SSSR count). The van der Waals surface area contributed by atoms with Crippen LogP contribution in [0.5, 0.6) is 5.75 Å². The van der Waals surface area contributed by atoms with E-state index in [2.05, 4.69) is 82.2 Å². The van der Waals surface area contributed by atoms with Crippen LogP contribution < -0.4 is 10.1 Å². The summed E-state index contributed by atoms with van der Waals surface area (Å²) in [4.78, 5) is 0. The molecule has 1 atom stereocenters. The molecule has 0 aliphatic carbocycles. The highest BCUT2D eigenvalue weighted by molar-refractivity contribution is 9.10. The van der Waals surface area contributed by atoms with Gasteiger partial charge in [0.1, 0.15) is 5.75 Å². The van der Waals surface area contributed by atoms with E-state index >= 15 is 0 Å². The Hall–Kier alpha value is -1.000. The maximum atomic E-state index is 5.27. The van der Waals surface area contributed by atoms with Gasteiger partial charge in [-0.05, 0) is 77.7 Å². The highest BCUT2D eigenvalue weighted by Crippen LogP contribution is 2.31. The maximum Gasteiger partial charge on any atom is 0.133 e. The van der Waals surface area contributed by atoms with E-state index in [4.69, 9.17) is 4.74 Å². The van der Waals surface area contributed by atoms with Gasteiger partial charge in [0.15, 0.2) is 0 Å². The van der Waals surface area contributed by atoms with Crippen LogP contribution in [0.2, 0.25) is 0 Å². The van der Waals surface area contributed by atoms with Gasteiger partial charge in [-0.3, -0.25) is 0 Å². The topological polar surface area (TPSA) is 21.3 Å². The Morgan fingerprint density at radius 3 is 2.19 bits per heavy atom. The summed E-state index contributed by atoms with van der Waals surface area (Å²) in [6, 6.07) is 10.7. The summed E-state index contributed by atoms with van der Waals surface area (Å²) in [5.74, 6) is 0.848. The van der Waals surface area contributed by atoms with E-state index in [0.29, 0.717) is 0 Å². The van der Waals surface area contributed by atoms with Crippen LogP contribution in [0, 0.1) is 13.8 Å². The Morgan fingerprint density at radius 2 is 1.67 bits per heavy atom. The molecule has 4 heteroatoms. The number of anilines is 1. The van der Waals surface area contributed by atoms with Crippen molar-refractivity contribution in [3.63, 3.8) is 0 Å². The lowest BCUT2D eigenvalue weighted by molar-refractivity contribution is 0.412. The fourth-order valence-electron chi connectivity index (χ4n) is 2.31. The molecule has 1 N–H and O–H groups in total. The van der Waals surface area contributed by atoms with E-state index in [1.54, 1.807) is 7.11 Å². The number of hydrogen-bond donors (Lipinski definition) is 1. The van der Waals surface area contributed by atoms with Crippen molar-refractivity contribution in [2.24, 2.45) is 0 Å². The van der Waals surface area contributed by atoms with Gasteiger partial charge in [0, 0.05) is 16.2 Å². The average Bonchev–Trinajstić information content (AvgIpc) is 2.44. The van der Waals surface area contributed by atoms with E-state index in [1.165, 1.54) is 21.2 Å². The van der Waals surface area contributed by atoms with Crippen LogP contribution in [0.4, 0.5) is 5.69 Å². The number of aryl methyl sites for hydroxylation is 2. The fourth-order valence-corrected chi connectivity index (χ4v) is 3.10. The van der Waals surface area contributed by atoms with Crippen LogP contribution in [0.1, 0.15) is 29.7 Å². The standard InChI is InChI=1S/C17H19Br2NO/c1-10-7-14(8-11(2)17(10)19)20-12(3)13-5-6-16(21-4)15(18)9-13/h5-9,12,20H,1-4H3. The summed E-state index contributed by atoms with van der Waals surface area (Å²) in [7, 11) is 1.68.